The van der Waals surface area contributed by atoms with E-state index in [0.717, 1.165) is 19.1 Å². The maximum Gasteiger partial charge on any atom is 0.0866 e. The van der Waals surface area contributed by atoms with Crippen LogP contribution in [-0.4, -0.2) is 18.8 Å². The van der Waals surface area contributed by atoms with Crippen molar-refractivity contribution < 1.29 is 4.74 Å². The van der Waals surface area contributed by atoms with Crippen molar-refractivity contribution >= 4 is 0 Å². The summed E-state index contributed by atoms with van der Waals surface area (Å²) >= 11 is 0. The topological polar surface area (TPSA) is 35.2 Å². The second kappa shape index (κ2) is 1.96. The van der Waals surface area contributed by atoms with Gasteiger partial charge in [0.05, 0.1) is 12.2 Å². The van der Waals surface area contributed by atoms with E-state index in [1.165, 1.54) is 19.3 Å². The van der Waals surface area contributed by atoms with Crippen molar-refractivity contribution in [2.45, 2.75) is 38.7 Å². The molecule has 0 spiro atoms. The molecule has 2 N–H and O–H groups in total. The smallest absolute Gasteiger partial charge is 0.0866 e. The summed E-state index contributed by atoms with van der Waals surface area (Å²) in [4.78, 5) is 0. The zero-order valence-electron chi connectivity index (χ0n) is 8.60. The Morgan fingerprint density at radius 2 is 2.23 bits per heavy atom. The third-order valence-electron chi connectivity index (χ3n) is 5.71. The van der Waals surface area contributed by atoms with Crippen LogP contribution in [0.1, 0.15) is 33.1 Å². The zero-order chi connectivity index (χ0) is 9.32. The highest BCUT2D eigenvalue weighted by atomic mass is 16.5. The second-order valence-electron chi connectivity index (χ2n) is 5.68. The summed E-state index contributed by atoms with van der Waals surface area (Å²) in [7, 11) is 0. The lowest BCUT2D eigenvalue weighted by Gasteiger charge is -2.40. The highest BCUT2D eigenvalue weighted by molar-refractivity contribution is 5.24. The molecule has 74 valence electrons. The molecule has 2 saturated carbocycles. The summed E-state index contributed by atoms with van der Waals surface area (Å²) in [6, 6.07) is 0. The van der Waals surface area contributed by atoms with Gasteiger partial charge < -0.3 is 10.5 Å². The Bertz CT molecular complexity index is 267. The van der Waals surface area contributed by atoms with Gasteiger partial charge in [0.1, 0.15) is 0 Å². The fourth-order valence-corrected chi connectivity index (χ4v) is 4.37. The van der Waals surface area contributed by atoms with Crippen LogP contribution in [0.2, 0.25) is 0 Å². The lowest BCUT2D eigenvalue weighted by atomic mass is 9.66. The van der Waals surface area contributed by atoms with Crippen molar-refractivity contribution in [3.8, 4) is 0 Å². The van der Waals surface area contributed by atoms with Gasteiger partial charge in [0, 0.05) is 17.4 Å². The number of hydrogen-bond donors (Lipinski definition) is 1. The molecule has 0 radical (unpaired) electrons. The molecule has 0 aromatic carbocycles. The average Bonchev–Trinajstić information content (AvgIpc) is 2.58. The summed E-state index contributed by atoms with van der Waals surface area (Å²) in [5, 5.41) is 0. The summed E-state index contributed by atoms with van der Waals surface area (Å²) in [6.07, 6.45) is 3.94. The lowest BCUT2D eigenvalue weighted by Crippen LogP contribution is -2.49. The van der Waals surface area contributed by atoms with Crippen LogP contribution in [0, 0.1) is 16.7 Å². The van der Waals surface area contributed by atoms with Gasteiger partial charge in [-0.3, -0.25) is 0 Å². The Balaban J connectivity index is 2.14. The van der Waals surface area contributed by atoms with Crippen molar-refractivity contribution in [1.82, 2.24) is 0 Å². The Morgan fingerprint density at radius 3 is 2.69 bits per heavy atom. The molecular formula is C11H19NO. The maximum atomic E-state index is 6.00. The minimum atomic E-state index is 0.0463. The third-order valence-corrected chi connectivity index (χ3v) is 5.71. The Morgan fingerprint density at radius 1 is 1.46 bits per heavy atom. The van der Waals surface area contributed by atoms with Gasteiger partial charge in [0.2, 0.25) is 0 Å². The fourth-order valence-electron chi connectivity index (χ4n) is 4.37. The molecule has 1 aliphatic heterocycles. The van der Waals surface area contributed by atoms with E-state index >= 15 is 0 Å². The van der Waals surface area contributed by atoms with Crippen LogP contribution in [0.4, 0.5) is 0 Å². The first-order valence-corrected chi connectivity index (χ1v) is 5.42. The van der Waals surface area contributed by atoms with Crippen molar-refractivity contribution in [3.63, 3.8) is 0 Å². The van der Waals surface area contributed by atoms with Crippen molar-refractivity contribution in [2.75, 3.05) is 13.2 Å². The van der Waals surface area contributed by atoms with Gasteiger partial charge in [-0.2, -0.15) is 0 Å². The minimum Gasteiger partial charge on any atom is -0.372 e. The van der Waals surface area contributed by atoms with Crippen molar-refractivity contribution in [3.05, 3.63) is 0 Å². The molecule has 13 heavy (non-hydrogen) atoms. The van der Waals surface area contributed by atoms with Gasteiger partial charge in [0.15, 0.2) is 0 Å². The monoisotopic (exact) mass is 181 g/mol. The van der Waals surface area contributed by atoms with Crippen LogP contribution in [-0.2, 0) is 4.74 Å². The molecule has 0 amide bonds. The molecule has 0 aromatic heterocycles. The summed E-state index contributed by atoms with van der Waals surface area (Å²) in [6.45, 7) is 6.48. The van der Waals surface area contributed by atoms with E-state index in [2.05, 4.69) is 13.8 Å². The second-order valence-corrected chi connectivity index (χ2v) is 5.68. The van der Waals surface area contributed by atoms with Crippen LogP contribution in [0.3, 0.4) is 0 Å². The largest absolute Gasteiger partial charge is 0.372 e. The molecule has 3 aliphatic rings. The third kappa shape index (κ3) is 0.581. The quantitative estimate of drug-likeness (QED) is 0.666. The first-order chi connectivity index (χ1) is 6.08. The zero-order valence-corrected chi connectivity index (χ0v) is 8.60. The summed E-state index contributed by atoms with van der Waals surface area (Å²) < 4.78 is 6.00. The molecule has 3 rings (SSSR count). The van der Waals surface area contributed by atoms with Crippen LogP contribution in [0.5, 0.6) is 0 Å². The van der Waals surface area contributed by atoms with E-state index in [1.54, 1.807) is 0 Å². The van der Waals surface area contributed by atoms with E-state index in [-0.39, 0.29) is 5.60 Å². The minimum absolute atomic E-state index is 0.0463. The Hall–Kier alpha value is -0.0800. The number of hydrogen-bond acceptors (Lipinski definition) is 2. The van der Waals surface area contributed by atoms with Gasteiger partial charge in [0.25, 0.3) is 0 Å². The molecule has 4 atom stereocenters. The molecular weight excluding hydrogens is 162 g/mol. The van der Waals surface area contributed by atoms with Crippen molar-refractivity contribution in [2.24, 2.45) is 22.5 Å². The molecule has 2 aliphatic carbocycles. The van der Waals surface area contributed by atoms with E-state index in [1.807, 2.05) is 0 Å². The van der Waals surface area contributed by atoms with Gasteiger partial charge >= 0.3 is 0 Å². The van der Waals surface area contributed by atoms with Crippen LogP contribution >= 0.6 is 0 Å². The SMILES string of the molecule is C[C@@]12CC[C@H]3C[C@@]1(CN)OC[C@@]32C. The van der Waals surface area contributed by atoms with E-state index in [4.69, 9.17) is 10.5 Å². The molecule has 0 aromatic rings. The molecule has 2 nitrogen and oxygen atoms in total. The molecule has 3 fully saturated rings. The summed E-state index contributed by atoms with van der Waals surface area (Å²) in [5.41, 5.74) is 6.77. The van der Waals surface area contributed by atoms with Crippen molar-refractivity contribution in [1.29, 1.82) is 0 Å². The first kappa shape index (κ1) is 8.25. The van der Waals surface area contributed by atoms with E-state index < -0.39 is 0 Å². The van der Waals surface area contributed by atoms with Crippen LogP contribution in [0.15, 0.2) is 0 Å². The van der Waals surface area contributed by atoms with E-state index in [0.29, 0.717) is 10.8 Å². The van der Waals surface area contributed by atoms with Gasteiger partial charge in [-0.1, -0.05) is 13.8 Å². The van der Waals surface area contributed by atoms with E-state index in [9.17, 15) is 0 Å². The first-order valence-electron chi connectivity index (χ1n) is 5.42. The molecule has 4 bridgehead atoms. The predicted octanol–water partition coefficient (Wildman–Crippen LogP) is 1.54. The van der Waals surface area contributed by atoms with Gasteiger partial charge in [-0.15, -0.1) is 0 Å². The summed E-state index contributed by atoms with van der Waals surface area (Å²) in [5.74, 6) is 0.884. The predicted molar refractivity (Wildman–Crippen MR) is 51.3 cm³/mol. The average molecular weight is 181 g/mol. The van der Waals surface area contributed by atoms with Crippen LogP contribution in [0.25, 0.3) is 0 Å². The Labute approximate surface area is 79.8 Å². The molecule has 1 heterocycles. The molecule has 2 heteroatoms. The highest BCUT2D eigenvalue weighted by Crippen LogP contribution is 2.74. The number of nitrogens with two attached hydrogens (primary N) is 1. The molecule has 0 unspecified atom stereocenters. The van der Waals surface area contributed by atoms with Gasteiger partial charge in [-0.05, 0) is 25.2 Å². The standard InChI is InChI=1S/C11H19NO/c1-9-7-13-11(6-12)5-8(9)3-4-10(9,11)2/h8H,3-7,12H2,1-2H3/t8-,9-,10-,11-/m0/s1. The maximum absolute atomic E-state index is 6.00. The van der Waals surface area contributed by atoms with Crippen LogP contribution < -0.4 is 5.73 Å². The highest BCUT2D eigenvalue weighted by Gasteiger charge is 2.75. The Kier molecular flexibility index (Phi) is 1.24. The normalized spacial score (nSPS) is 63.5. The lowest BCUT2D eigenvalue weighted by molar-refractivity contribution is -0.0762. The molecule has 1 saturated heterocycles. The number of ether oxygens (including phenoxy) is 1. The number of rotatable bonds is 1. The fraction of sp³-hybridized carbons (Fsp3) is 1.00. The van der Waals surface area contributed by atoms with Gasteiger partial charge in [-0.25, -0.2) is 0 Å².